The summed E-state index contributed by atoms with van der Waals surface area (Å²) < 4.78 is 10.2. The molecule has 0 heterocycles. The first-order valence-electron chi connectivity index (χ1n) is 5.58. The van der Waals surface area contributed by atoms with Crippen LogP contribution in [0.4, 0.5) is 5.69 Å². The van der Waals surface area contributed by atoms with Gasteiger partial charge in [0.05, 0.1) is 19.5 Å². The third-order valence-electron chi connectivity index (χ3n) is 1.92. The fourth-order valence-electron chi connectivity index (χ4n) is 1.19. The van der Waals surface area contributed by atoms with Gasteiger partial charge in [0.15, 0.2) is 0 Å². The fraction of sp³-hybridized carbons (Fsp3) is 0.308. The van der Waals surface area contributed by atoms with Gasteiger partial charge >= 0.3 is 0 Å². The molecule has 92 valence electrons. The van der Waals surface area contributed by atoms with Crippen molar-refractivity contribution in [1.82, 2.24) is 0 Å². The zero-order valence-electron chi connectivity index (χ0n) is 10.1. The van der Waals surface area contributed by atoms with Crippen molar-refractivity contribution in [2.75, 3.05) is 18.5 Å². The molecule has 1 aromatic rings. The van der Waals surface area contributed by atoms with Gasteiger partial charge in [0, 0.05) is 11.8 Å². The lowest BCUT2D eigenvalue weighted by Gasteiger charge is -2.05. The Morgan fingerprint density at radius 3 is 2.53 bits per heavy atom. The van der Waals surface area contributed by atoms with Gasteiger partial charge in [0.2, 0.25) is 0 Å². The number of carbonyl (C=O) groups excluding carboxylic acids is 1. The molecule has 0 saturated carbocycles. The van der Waals surface area contributed by atoms with Crippen LogP contribution in [-0.2, 0) is 9.53 Å². The molecule has 0 aliphatic heterocycles. The number of hydrogen-bond donors (Lipinski definition) is 1. The number of amides is 1. The van der Waals surface area contributed by atoms with Crippen molar-refractivity contribution >= 4 is 11.6 Å². The molecule has 0 fully saturated rings. The van der Waals surface area contributed by atoms with E-state index in [9.17, 15) is 4.79 Å². The summed E-state index contributed by atoms with van der Waals surface area (Å²) in [4.78, 5) is 11.4. The number of anilines is 1. The van der Waals surface area contributed by atoms with Crippen molar-refractivity contribution in [3.05, 3.63) is 36.6 Å². The topological polar surface area (TPSA) is 47.6 Å². The van der Waals surface area contributed by atoms with Gasteiger partial charge in [-0.3, -0.25) is 4.79 Å². The molecular formula is C13H17NO3. The summed E-state index contributed by atoms with van der Waals surface area (Å²) >= 11 is 0. The van der Waals surface area contributed by atoms with Gasteiger partial charge in [-0.15, -0.1) is 0 Å². The Hall–Kier alpha value is -1.97. The maximum Gasteiger partial charge on any atom is 0.251 e. The van der Waals surface area contributed by atoms with Crippen LogP contribution < -0.4 is 10.1 Å². The molecule has 0 atom stereocenters. The Bertz CT molecular complexity index is 371. The molecule has 0 unspecified atom stereocenters. The largest absolute Gasteiger partial charge is 0.501 e. The second-order valence-electron chi connectivity index (χ2n) is 3.20. The average molecular weight is 235 g/mol. The summed E-state index contributed by atoms with van der Waals surface area (Å²) in [5.74, 6) is 0.568. The van der Waals surface area contributed by atoms with Crippen molar-refractivity contribution in [3.8, 4) is 5.75 Å². The van der Waals surface area contributed by atoms with Crippen LogP contribution in [0.15, 0.2) is 36.6 Å². The fourth-order valence-corrected chi connectivity index (χ4v) is 1.19. The van der Waals surface area contributed by atoms with E-state index >= 15 is 0 Å². The molecule has 0 bridgehead atoms. The van der Waals surface area contributed by atoms with Gasteiger partial charge in [0.25, 0.3) is 5.91 Å². The molecule has 1 rings (SSSR count). The molecule has 1 amide bonds. The van der Waals surface area contributed by atoms with Gasteiger partial charge < -0.3 is 14.8 Å². The summed E-state index contributed by atoms with van der Waals surface area (Å²) in [6, 6.07) is 7.20. The van der Waals surface area contributed by atoms with Crippen molar-refractivity contribution in [2.45, 2.75) is 13.8 Å². The zero-order valence-corrected chi connectivity index (χ0v) is 10.1. The van der Waals surface area contributed by atoms with Gasteiger partial charge in [-0.05, 0) is 38.1 Å². The number of rotatable bonds is 6. The Labute approximate surface area is 101 Å². The van der Waals surface area contributed by atoms with E-state index in [0.29, 0.717) is 13.2 Å². The first-order valence-corrected chi connectivity index (χ1v) is 5.58. The SMILES string of the molecule is CCOC=CC(=O)Nc1ccc(OCC)cc1. The van der Waals surface area contributed by atoms with E-state index in [2.05, 4.69) is 5.32 Å². The molecule has 0 aliphatic carbocycles. The third-order valence-corrected chi connectivity index (χ3v) is 1.92. The Morgan fingerprint density at radius 2 is 1.94 bits per heavy atom. The van der Waals surface area contributed by atoms with Crippen molar-refractivity contribution in [3.63, 3.8) is 0 Å². The number of benzene rings is 1. The van der Waals surface area contributed by atoms with Crippen LogP contribution in [0.2, 0.25) is 0 Å². The van der Waals surface area contributed by atoms with Crippen LogP contribution in [0.25, 0.3) is 0 Å². The van der Waals surface area contributed by atoms with Gasteiger partial charge in [0.1, 0.15) is 5.75 Å². The van der Waals surface area contributed by atoms with E-state index in [1.54, 1.807) is 12.1 Å². The van der Waals surface area contributed by atoms with Crippen LogP contribution in [0.5, 0.6) is 5.75 Å². The second-order valence-corrected chi connectivity index (χ2v) is 3.20. The summed E-state index contributed by atoms with van der Waals surface area (Å²) in [5.41, 5.74) is 0.722. The highest BCUT2D eigenvalue weighted by Crippen LogP contribution is 2.15. The minimum absolute atomic E-state index is 0.220. The van der Waals surface area contributed by atoms with Crippen molar-refractivity contribution in [2.24, 2.45) is 0 Å². The molecule has 1 N–H and O–H groups in total. The van der Waals surface area contributed by atoms with Crippen LogP contribution in [0.3, 0.4) is 0 Å². The summed E-state index contributed by atoms with van der Waals surface area (Å²) in [5, 5.41) is 2.71. The highest BCUT2D eigenvalue weighted by atomic mass is 16.5. The van der Waals surface area contributed by atoms with Crippen molar-refractivity contribution in [1.29, 1.82) is 0 Å². The maximum atomic E-state index is 11.4. The number of nitrogens with one attached hydrogen (secondary N) is 1. The van der Waals surface area contributed by atoms with E-state index in [0.717, 1.165) is 11.4 Å². The van der Waals surface area contributed by atoms with E-state index in [1.807, 2.05) is 26.0 Å². The number of carbonyl (C=O) groups is 1. The molecule has 0 radical (unpaired) electrons. The quantitative estimate of drug-likeness (QED) is 0.609. The van der Waals surface area contributed by atoms with Gasteiger partial charge in [-0.25, -0.2) is 0 Å². The van der Waals surface area contributed by atoms with Gasteiger partial charge in [-0.2, -0.15) is 0 Å². The zero-order chi connectivity index (χ0) is 12.5. The average Bonchev–Trinajstić information content (AvgIpc) is 2.32. The van der Waals surface area contributed by atoms with E-state index in [4.69, 9.17) is 9.47 Å². The molecule has 0 aliphatic rings. The normalized spacial score (nSPS) is 10.2. The Kier molecular flexibility index (Phi) is 5.64. The molecule has 4 nitrogen and oxygen atoms in total. The smallest absolute Gasteiger partial charge is 0.251 e. The predicted octanol–water partition coefficient (Wildman–Crippen LogP) is 2.57. The van der Waals surface area contributed by atoms with Gasteiger partial charge in [-0.1, -0.05) is 0 Å². The summed E-state index contributed by atoms with van der Waals surface area (Å²) in [6.45, 7) is 4.96. The van der Waals surface area contributed by atoms with Crippen LogP contribution in [0.1, 0.15) is 13.8 Å². The highest BCUT2D eigenvalue weighted by Gasteiger charge is 1.98. The molecular weight excluding hydrogens is 218 g/mol. The first kappa shape index (κ1) is 13.1. The third kappa shape index (κ3) is 5.06. The lowest BCUT2D eigenvalue weighted by atomic mass is 10.3. The summed E-state index contributed by atoms with van der Waals surface area (Å²) in [7, 11) is 0. The lowest BCUT2D eigenvalue weighted by Crippen LogP contribution is -2.07. The van der Waals surface area contributed by atoms with Crippen LogP contribution in [0, 0.1) is 0 Å². The first-order chi connectivity index (χ1) is 8.26. The summed E-state index contributed by atoms with van der Waals surface area (Å²) in [6.07, 6.45) is 2.73. The molecule has 4 heteroatoms. The molecule has 17 heavy (non-hydrogen) atoms. The van der Waals surface area contributed by atoms with Crippen LogP contribution in [-0.4, -0.2) is 19.1 Å². The second kappa shape index (κ2) is 7.33. The molecule has 0 aromatic heterocycles. The highest BCUT2D eigenvalue weighted by molar-refractivity contribution is 5.99. The molecule has 0 saturated heterocycles. The van der Waals surface area contributed by atoms with E-state index in [1.165, 1.54) is 12.3 Å². The molecule has 0 spiro atoms. The van der Waals surface area contributed by atoms with E-state index in [-0.39, 0.29) is 5.91 Å². The van der Waals surface area contributed by atoms with E-state index < -0.39 is 0 Å². The Morgan fingerprint density at radius 1 is 1.24 bits per heavy atom. The number of hydrogen-bond acceptors (Lipinski definition) is 3. The standard InChI is InChI=1S/C13H17NO3/c1-3-16-10-9-13(15)14-11-5-7-12(8-6-11)17-4-2/h5-10H,3-4H2,1-2H3,(H,14,15). The number of ether oxygens (including phenoxy) is 2. The Balaban J connectivity index is 2.48. The minimum atomic E-state index is -0.220. The monoisotopic (exact) mass is 235 g/mol. The predicted molar refractivity (Wildman–Crippen MR) is 67.0 cm³/mol. The maximum absolute atomic E-state index is 11.4. The van der Waals surface area contributed by atoms with Crippen molar-refractivity contribution < 1.29 is 14.3 Å². The van der Waals surface area contributed by atoms with Crippen LogP contribution >= 0.6 is 0 Å². The minimum Gasteiger partial charge on any atom is -0.501 e. The molecule has 1 aromatic carbocycles. The lowest BCUT2D eigenvalue weighted by molar-refractivity contribution is -0.112.